The summed E-state index contributed by atoms with van der Waals surface area (Å²) in [6.07, 6.45) is 2.92. The smallest absolute Gasteiger partial charge is 0.410 e. The van der Waals surface area contributed by atoms with Crippen LogP contribution in [0.2, 0.25) is 0 Å². The van der Waals surface area contributed by atoms with Crippen molar-refractivity contribution in [3.63, 3.8) is 0 Å². The molecule has 0 aliphatic carbocycles. The Balaban J connectivity index is 1.68. The van der Waals surface area contributed by atoms with Gasteiger partial charge in [-0.25, -0.2) is 9.18 Å². The fourth-order valence-electron chi connectivity index (χ4n) is 4.42. The summed E-state index contributed by atoms with van der Waals surface area (Å²) in [6.45, 7) is 9.38. The fraction of sp³-hybridized carbons (Fsp3) is 0.462. The Morgan fingerprint density at radius 2 is 1.81 bits per heavy atom. The van der Waals surface area contributed by atoms with Gasteiger partial charge in [-0.3, -0.25) is 4.79 Å². The van der Waals surface area contributed by atoms with E-state index in [1.165, 1.54) is 12.1 Å². The molecule has 2 amide bonds. The molecular formula is C26H33FN2O3. The molecule has 6 heteroatoms. The van der Waals surface area contributed by atoms with Gasteiger partial charge in [0.2, 0.25) is 6.41 Å². The summed E-state index contributed by atoms with van der Waals surface area (Å²) in [4.78, 5) is 28.2. The van der Waals surface area contributed by atoms with Crippen molar-refractivity contribution in [3.05, 3.63) is 59.4 Å². The van der Waals surface area contributed by atoms with Gasteiger partial charge in [0.25, 0.3) is 0 Å². The Morgan fingerprint density at radius 3 is 2.41 bits per heavy atom. The fourth-order valence-corrected chi connectivity index (χ4v) is 4.42. The second-order valence-corrected chi connectivity index (χ2v) is 9.08. The molecule has 0 spiro atoms. The van der Waals surface area contributed by atoms with Gasteiger partial charge in [-0.2, -0.15) is 0 Å². The molecule has 1 aliphatic rings. The molecule has 1 aliphatic heterocycles. The van der Waals surface area contributed by atoms with Crippen LogP contribution in [0, 0.1) is 31.5 Å². The molecule has 0 saturated carbocycles. The lowest BCUT2D eigenvalue weighted by Gasteiger charge is -2.40. The highest BCUT2D eigenvalue weighted by Gasteiger charge is 2.33. The molecule has 1 fully saturated rings. The standard InChI is InChI=1S/C26H33FN2O3/c1-18(2)16-24(29(17-30)23-10-8-22(27)9-11-23)21-12-14-28(15-13-21)26(31)32-25-7-5-6-19(3)20(25)4/h5-11,17-18,21,24H,12-16H2,1-4H3. The van der Waals surface area contributed by atoms with Crippen molar-refractivity contribution in [1.29, 1.82) is 0 Å². The van der Waals surface area contributed by atoms with Crippen LogP contribution in [0.4, 0.5) is 14.9 Å². The quantitative estimate of drug-likeness (QED) is 0.517. The SMILES string of the molecule is Cc1cccc(OC(=O)N2CCC(C(CC(C)C)N(C=O)c3ccc(F)cc3)CC2)c1C. The second kappa shape index (κ2) is 10.6. The second-order valence-electron chi connectivity index (χ2n) is 9.08. The predicted octanol–water partition coefficient (Wildman–Crippen LogP) is 5.73. The summed E-state index contributed by atoms with van der Waals surface area (Å²) >= 11 is 0. The predicted molar refractivity (Wildman–Crippen MR) is 124 cm³/mol. The molecular weight excluding hydrogens is 407 g/mol. The molecule has 5 nitrogen and oxygen atoms in total. The first kappa shape index (κ1) is 23.8. The largest absolute Gasteiger partial charge is 0.415 e. The number of halogens is 1. The number of amides is 2. The van der Waals surface area contributed by atoms with Gasteiger partial charge >= 0.3 is 6.09 Å². The van der Waals surface area contributed by atoms with Crippen molar-refractivity contribution >= 4 is 18.2 Å². The molecule has 2 aromatic rings. The van der Waals surface area contributed by atoms with Crippen molar-refractivity contribution in [2.24, 2.45) is 11.8 Å². The molecule has 0 bridgehead atoms. The molecule has 172 valence electrons. The highest BCUT2D eigenvalue weighted by atomic mass is 19.1. The van der Waals surface area contributed by atoms with E-state index in [0.717, 1.165) is 36.8 Å². The summed E-state index contributed by atoms with van der Waals surface area (Å²) in [5.74, 6) is 0.918. The van der Waals surface area contributed by atoms with E-state index in [2.05, 4.69) is 13.8 Å². The number of nitrogens with zero attached hydrogens (tertiary/aromatic N) is 2. The van der Waals surface area contributed by atoms with Gasteiger partial charge < -0.3 is 14.5 Å². The van der Waals surface area contributed by atoms with Gasteiger partial charge in [0.15, 0.2) is 0 Å². The number of hydrogen-bond donors (Lipinski definition) is 0. The number of piperidine rings is 1. The van der Waals surface area contributed by atoms with Gasteiger partial charge in [-0.05, 0) is 86.4 Å². The Hall–Kier alpha value is -2.89. The Labute approximate surface area is 190 Å². The topological polar surface area (TPSA) is 49.9 Å². The van der Waals surface area contributed by atoms with Crippen LogP contribution in [0.5, 0.6) is 5.75 Å². The van der Waals surface area contributed by atoms with Gasteiger partial charge in [0.1, 0.15) is 11.6 Å². The zero-order valence-electron chi connectivity index (χ0n) is 19.4. The highest BCUT2D eigenvalue weighted by molar-refractivity contribution is 5.76. The van der Waals surface area contributed by atoms with Crippen molar-refractivity contribution in [2.75, 3.05) is 18.0 Å². The first-order chi connectivity index (χ1) is 15.3. The number of aryl methyl sites for hydroxylation is 1. The first-order valence-corrected chi connectivity index (χ1v) is 11.3. The maximum atomic E-state index is 13.4. The molecule has 1 heterocycles. The van der Waals surface area contributed by atoms with E-state index in [1.54, 1.807) is 21.9 Å². The zero-order chi connectivity index (χ0) is 23.3. The summed E-state index contributed by atoms with van der Waals surface area (Å²) in [5, 5.41) is 0. The maximum absolute atomic E-state index is 13.4. The number of rotatable bonds is 7. The molecule has 0 N–H and O–H groups in total. The lowest BCUT2D eigenvalue weighted by Crippen LogP contribution is -2.47. The van der Waals surface area contributed by atoms with Crippen LogP contribution in [-0.2, 0) is 4.79 Å². The third kappa shape index (κ3) is 5.67. The van der Waals surface area contributed by atoms with E-state index < -0.39 is 0 Å². The van der Waals surface area contributed by atoms with E-state index in [1.807, 2.05) is 32.0 Å². The summed E-state index contributed by atoms with van der Waals surface area (Å²) < 4.78 is 19.0. The average Bonchev–Trinajstić information content (AvgIpc) is 2.78. The lowest BCUT2D eigenvalue weighted by atomic mass is 9.84. The molecule has 0 radical (unpaired) electrons. The van der Waals surface area contributed by atoms with Crippen molar-refractivity contribution < 1.29 is 18.7 Å². The van der Waals surface area contributed by atoms with Crippen LogP contribution in [-0.4, -0.2) is 36.5 Å². The number of likely N-dealkylation sites (tertiary alicyclic amines) is 1. The van der Waals surface area contributed by atoms with Crippen LogP contribution in [0.1, 0.15) is 44.2 Å². The Kier molecular flexibility index (Phi) is 7.89. The number of hydrogen-bond acceptors (Lipinski definition) is 3. The van der Waals surface area contributed by atoms with Crippen LogP contribution < -0.4 is 9.64 Å². The molecule has 1 unspecified atom stereocenters. The van der Waals surface area contributed by atoms with E-state index >= 15 is 0 Å². The van der Waals surface area contributed by atoms with Gasteiger partial charge in [-0.1, -0.05) is 26.0 Å². The number of carbonyl (C=O) groups excluding carboxylic acids is 2. The molecule has 2 aromatic carbocycles. The minimum absolute atomic E-state index is 0.00449. The minimum Gasteiger partial charge on any atom is -0.410 e. The summed E-state index contributed by atoms with van der Waals surface area (Å²) in [5.41, 5.74) is 2.75. The molecule has 0 aromatic heterocycles. The van der Waals surface area contributed by atoms with Crippen molar-refractivity contribution in [3.8, 4) is 5.75 Å². The normalized spacial score (nSPS) is 15.5. The van der Waals surface area contributed by atoms with Crippen LogP contribution in [0.15, 0.2) is 42.5 Å². The summed E-state index contributed by atoms with van der Waals surface area (Å²) in [7, 11) is 0. The Morgan fingerprint density at radius 1 is 1.16 bits per heavy atom. The third-order valence-corrected chi connectivity index (χ3v) is 6.40. The highest BCUT2D eigenvalue weighted by Crippen LogP contribution is 2.31. The number of ether oxygens (including phenoxy) is 1. The first-order valence-electron chi connectivity index (χ1n) is 11.3. The van der Waals surface area contributed by atoms with Gasteiger partial charge in [-0.15, -0.1) is 0 Å². The van der Waals surface area contributed by atoms with Crippen LogP contribution in [0.25, 0.3) is 0 Å². The van der Waals surface area contributed by atoms with Gasteiger partial charge in [0.05, 0.1) is 0 Å². The van der Waals surface area contributed by atoms with E-state index in [4.69, 9.17) is 4.74 Å². The van der Waals surface area contributed by atoms with Crippen LogP contribution in [0.3, 0.4) is 0 Å². The summed E-state index contributed by atoms with van der Waals surface area (Å²) in [6, 6.07) is 11.7. The molecule has 1 saturated heterocycles. The van der Waals surface area contributed by atoms with E-state index in [-0.39, 0.29) is 23.9 Å². The van der Waals surface area contributed by atoms with E-state index in [0.29, 0.717) is 30.4 Å². The lowest BCUT2D eigenvalue weighted by molar-refractivity contribution is -0.108. The number of benzene rings is 2. The van der Waals surface area contributed by atoms with Crippen molar-refractivity contribution in [1.82, 2.24) is 4.90 Å². The van der Waals surface area contributed by atoms with Crippen molar-refractivity contribution in [2.45, 2.75) is 53.0 Å². The van der Waals surface area contributed by atoms with Crippen LogP contribution >= 0.6 is 0 Å². The molecule has 3 rings (SSSR count). The third-order valence-electron chi connectivity index (χ3n) is 6.40. The molecule has 1 atom stereocenters. The molecule has 32 heavy (non-hydrogen) atoms. The van der Waals surface area contributed by atoms with Gasteiger partial charge in [0, 0.05) is 24.8 Å². The van der Waals surface area contributed by atoms with E-state index in [9.17, 15) is 14.0 Å². The minimum atomic E-state index is -0.330. The monoisotopic (exact) mass is 440 g/mol. The number of carbonyl (C=O) groups is 2. The zero-order valence-corrected chi connectivity index (χ0v) is 19.4. The number of anilines is 1. The Bertz CT molecular complexity index is 921. The average molecular weight is 441 g/mol. The maximum Gasteiger partial charge on any atom is 0.415 e.